The summed E-state index contributed by atoms with van der Waals surface area (Å²) in [5.74, 6) is -0.734. The molecule has 4 aliphatic carbocycles. The number of aliphatic carboxylic acids is 1. The van der Waals surface area contributed by atoms with Gasteiger partial charge in [-0.1, -0.05) is 46.5 Å². The van der Waals surface area contributed by atoms with Crippen molar-refractivity contribution in [1.82, 2.24) is 0 Å². The van der Waals surface area contributed by atoms with Gasteiger partial charge in [0.25, 0.3) is 0 Å². The normalized spacial score (nSPS) is 46.5. The monoisotopic (exact) mass is 388 g/mol. The molecule has 0 saturated heterocycles. The average molecular weight is 389 g/mol. The predicted octanol–water partition coefficient (Wildman–Crippen LogP) is 4.89. The number of rotatable bonds is 4. The fourth-order valence-corrected chi connectivity index (χ4v) is 8.54. The van der Waals surface area contributed by atoms with Crippen molar-refractivity contribution in [2.75, 3.05) is 0 Å². The third-order valence-electron chi connectivity index (χ3n) is 9.51. The molecule has 28 heavy (non-hydrogen) atoms. The van der Waals surface area contributed by atoms with Crippen molar-refractivity contribution in [3.8, 4) is 0 Å². The number of fused-ring (bicyclic) bond motifs is 5. The molecule has 4 rings (SSSR count). The number of Topliss-reactive ketones (excluding diaryl/α,β-unsaturated/α-hetero) is 2. The maximum Gasteiger partial charge on any atom is 0.310 e. The van der Waals surface area contributed by atoms with E-state index in [0.29, 0.717) is 0 Å². The molecule has 0 heterocycles. The zero-order valence-electron chi connectivity index (χ0n) is 17.7. The van der Waals surface area contributed by atoms with Gasteiger partial charge in [-0.2, -0.15) is 0 Å². The molecule has 1 N–H and O–H groups in total. The van der Waals surface area contributed by atoms with Crippen LogP contribution in [0.15, 0.2) is 0 Å². The maximum atomic E-state index is 13.3. The van der Waals surface area contributed by atoms with E-state index in [0.717, 1.165) is 64.2 Å². The lowest BCUT2D eigenvalue weighted by atomic mass is 9.44. The smallest absolute Gasteiger partial charge is 0.310 e. The van der Waals surface area contributed by atoms with E-state index in [-0.39, 0.29) is 52.5 Å². The van der Waals surface area contributed by atoms with E-state index in [9.17, 15) is 19.5 Å². The molecule has 0 aromatic rings. The van der Waals surface area contributed by atoms with Gasteiger partial charge >= 0.3 is 5.97 Å². The Morgan fingerprint density at radius 1 is 1.11 bits per heavy atom. The lowest BCUT2D eigenvalue weighted by Gasteiger charge is -2.59. The van der Waals surface area contributed by atoms with E-state index in [1.54, 1.807) is 0 Å². The highest BCUT2D eigenvalue weighted by molar-refractivity contribution is 6.41. The summed E-state index contributed by atoms with van der Waals surface area (Å²) >= 11 is 0. The molecule has 4 heteroatoms. The summed E-state index contributed by atoms with van der Waals surface area (Å²) in [6.45, 7) is 6.44. The van der Waals surface area contributed by atoms with Gasteiger partial charge in [-0.3, -0.25) is 14.4 Å². The minimum atomic E-state index is -0.654. The van der Waals surface area contributed by atoms with Crippen LogP contribution in [0.4, 0.5) is 0 Å². The van der Waals surface area contributed by atoms with E-state index in [1.165, 1.54) is 0 Å². The van der Waals surface area contributed by atoms with Crippen LogP contribution >= 0.6 is 0 Å². The first-order chi connectivity index (χ1) is 13.3. The molecule has 0 unspecified atom stereocenters. The molecule has 0 aromatic heterocycles. The number of hydrogen-bond donors (Lipinski definition) is 1. The van der Waals surface area contributed by atoms with E-state index < -0.39 is 11.4 Å². The van der Waals surface area contributed by atoms with Gasteiger partial charge in [0.05, 0.1) is 5.41 Å². The molecule has 0 bridgehead atoms. The molecule has 4 saturated carbocycles. The third kappa shape index (κ3) is 2.51. The fourth-order valence-electron chi connectivity index (χ4n) is 8.54. The van der Waals surface area contributed by atoms with Gasteiger partial charge in [0, 0.05) is 11.8 Å². The highest BCUT2D eigenvalue weighted by atomic mass is 16.4. The standard InChI is InChI=1S/C24H36O4/c1-4-7-14(2)18-20(25)21(26)19-16-10-9-15-8-5-6-12-24(15,22(27)28)17(16)11-13-23(18,19)3/h14-19H,4-13H2,1-3H3,(H,27,28)/t14-,15+,16-,17+,18+,19-,23-,24-/m1/s1. The van der Waals surface area contributed by atoms with Crippen LogP contribution in [0.5, 0.6) is 0 Å². The van der Waals surface area contributed by atoms with Crippen LogP contribution in [0.25, 0.3) is 0 Å². The number of carbonyl (C=O) groups excluding carboxylic acids is 2. The Kier molecular flexibility index (Phi) is 4.99. The van der Waals surface area contributed by atoms with Crippen molar-refractivity contribution in [1.29, 1.82) is 0 Å². The molecule has 0 aliphatic heterocycles. The Balaban J connectivity index is 1.72. The predicted molar refractivity (Wildman–Crippen MR) is 107 cm³/mol. The quantitative estimate of drug-likeness (QED) is 0.696. The summed E-state index contributed by atoms with van der Waals surface area (Å²) < 4.78 is 0. The van der Waals surface area contributed by atoms with Gasteiger partial charge in [-0.15, -0.1) is 0 Å². The molecule has 8 atom stereocenters. The van der Waals surface area contributed by atoms with Crippen molar-refractivity contribution < 1.29 is 19.5 Å². The van der Waals surface area contributed by atoms with Crippen molar-refractivity contribution in [3.05, 3.63) is 0 Å². The number of hydrogen-bond acceptors (Lipinski definition) is 3. The van der Waals surface area contributed by atoms with Crippen LogP contribution in [0.2, 0.25) is 0 Å². The highest BCUT2D eigenvalue weighted by Crippen LogP contribution is 2.67. The van der Waals surface area contributed by atoms with Crippen LogP contribution < -0.4 is 0 Å². The van der Waals surface area contributed by atoms with Crippen LogP contribution in [-0.2, 0) is 14.4 Å². The van der Waals surface area contributed by atoms with Gasteiger partial charge in [-0.25, -0.2) is 0 Å². The summed E-state index contributed by atoms with van der Waals surface area (Å²) in [4.78, 5) is 38.9. The minimum Gasteiger partial charge on any atom is -0.481 e. The first-order valence-electron chi connectivity index (χ1n) is 11.6. The molecule has 4 fully saturated rings. The van der Waals surface area contributed by atoms with Crippen molar-refractivity contribution in [2.45, 2.75) is 85.0 Å². The zero-order chi connectivity index (χ0) is 20.3. The first kappa shape index (κ1) is 20.1. The Labute approximate surface area is 168 Å². The summed E-state index contributed by atoms with van der Waals surface area (Å²) in [6, 6.07) is 0. The van der Waals surface area contributed by atoms with E-state index >= 15 is 0 Å². The Morgan fingerprint density at radius 2 is 1.86 bits per heavy atom. The topological polar surface area (TPSA) is 71.4 Å². The molecule has 0 spiro atoms. The third-order valence-corrected chi connectivity index (χ3v) is 9.51. The Morgan fingerprint density at radius 3 is 2.54 bits per heavy atom. The van der Waals surface area contributed by atoms with Gasteiger partial charge < -0.3 is 5.11 Å². The second-order valence-corrected chi connectivity index (χ2v) is 10.6. The number of ketones is 2. The molecule has 156 valence electrons. The molecular weight excluding hydrogens is 352 g/mol. The van der Waals surface area contributed by atoms with Crippen molar-refractivity contribution in [3.63, 3.8) is 0 Å². The molecule has 0 radical (unpaired) electrons. The number of carboxylic acids is 1. The van der Waals surface area contributed by atoms with Crippen LogP contribution in [-0.4, -0.2) is 22.6 Å². The number of carboxylic acid groups (broad SMARTS) is 1. The van der Waals surface area contributed by atoms with Gasteiger partial charge in [0.15, 0.2) is 0 Å². The van der Waals surface area contributed by atoms with Crippen molar-refractivity contribution >= 4 is 17.5 Å². The lowest BCUT2D eigenvalue weighted by molar-refractivity contribution is -0.180. The van der Waals surface area contributed by atoms with Gasteiger partial charge in [-0.05, 0) is 67.6 Å². The SMILES string of the molecule is CCC[C@@H](C)[C@H]1C(=O)C(=O)[C@H]2[C@@H]3CC[C@@H]4CCCC[C@]4(C(=O)O)[C@H]3CC[C@]12C. The molecule has 4 aliphatic rings. The summed E-state index contributed by atoms with van der Waals surface area (Å²) in [6.07, 6.45) is 9.43. The minimum absolute atomic E-state index is 0.0686. The zero-order valence-corrected chi connectivity index (χ0v) is 17.7. The van der Waals surface area contributed by atoms with E-state index in [2.05, 4.69) is 20.8 Å². The largest absolute Gasteiger partial charge is 0.481 e. The van der Waals surface area contributed by atoms with Gasteiger partial charge in [0.2, 0.25) is 11.6 Å². The summed E-state index contributed by atoms with van der Waals surface area (Å²) in [7, 11) is 0. The van der Waals surface area contributed by atoms with Crippen LogP contribution in [0, 0.1) is 46.3 Å². The highest BCUT2D eigenvalue weighted by Gasteiger charge is 2.68. The second kappa shape index (κ2) is 6.95. The summed E-state index contributed by atoms with van der Waals surface area (Å²) in [5.41, 5.74) is -0.927. The maximum absolute atomic E-state index is 13.3. The fraction of sp³-hybridized carbons (Fsp3) is 0.875. The molecule has 0 aromatic carbocycles. The molecule has 0 amide bonds. The summed E-state index contributed by atoms with van der Waals surface area (Å²) in [5, 5.41) is 10.3. The average Bonchev–Trinajstić information content (AvgIpc) is 2.87. The van der Waals surface area contributed by atoms with Crippen molar-refractivity contribution in [2.24, 2.45) is 46.3 Å². The van der Waals surface area contributed by atoms with Crippen LogP contribution in [0.3, 0.4) is 0 Å². The Bertz CT molecular complexity index is 684. The van der Waals surface area contributed by atoms with Gasteiger partial charge in [0.1, 0.15) is 0 Å². The second-order valence-electron chi connectivity index (χ2n) is 10.6. The molecular formula is C24H36O4. The lowest BCUT2D eigenvalue weighted by Crippen LogP contribution is -2.58. The first-order valence-corrected chi connectivity index (χ1v) is 11.6. The Hall–Kier alpha value is -1.19. The van der Waals surface area contributed by atoms with E-state index in [4.69, 9.17) is 0 Å². The molecule has 4 nitrogen and oxygen atoms in total. The van der Waals surface area contributed by atoms with Crippen LogP contribution in [0.1, 0.15) is 85.0 Å². The number of carbonyl (C=O) groups is 3. The van der Waals surface area contributed by atoms with E-state index in [1.807, 2.05) is 0 Å².